The van der Waals surface area contributed by atoms with Crippen LogP contribution in [0.5, 0.6) is 0 Å². The first-order chi connectivity index (χ1) is 11.8. The Labute approximate surface area is 176 Å². The van der Waals surface area contributed by atoms with E-state index in [1.54, 1.807) is 0 Å². The van der Waals surface area contributed by atoms with E-state index < -0.39 is 0 Å². The normalized spacial score (nSPS) is 16.2. The molecule has 2 rings (SSSR count). The summed E-state index contributed by atoms with van der Waals surface area (Å²) in [4.78, 5) is 6.86. The SMILES string of the molecule is CN=C(NCc1c(C)cc(C)cc1C)NCC(C)(C)N1CCOCC1.I. The fourth-order valence-corrected chi connectivity index (χ4v) is 3.46. The van der Waals surface area contributed by atoms with Gasteiger partial charge in [0.25, 0.3) is 0 Å². The van der Waals surface area contributed by atoms with Crippen molar-refractivity contribution in [2.45, 2.75) is 46.7 Å². The summed E-state index contributed by atoms with van der Waals surface area (Å²) in [5.74, 6) is 0.848. The molecule has 0 aromatic heterocycles. The lowest BCUT2D eigenvalue weighted by Gasteiger charge is -2.41. The van der Waals surface area contributed by atoms with Crippen LogP contribution in [0.15, 0.2) is 17.1 Å². The Hall–Kier alpha value is -0.860. The zero-order valence-corrected chi connectivity index (χ0v) is 19.4. The second kappa shape index (κ2) is 10.5. The number of aryl methyl sites for hydroxylation is 3. The molecule has 0 bridgehead atoms. The molecule has 1 saturated heterocycles. The maximum absolute atomic E-state index is 5.46. The zero-order valence-electron chi connectivity index (χ0n) is 17.1. The van der Waals surface area contributed by atoms with Gasteiger partial charge in [-0.15, -0.1) is 24.0 Å². The van der Waals surface area contributed by atoms with Gasteiger partial charge in [0.2, 0.25) is 0 Å². The first-order valence-corrected chi connectivity index (χ1v) is 9.17. The van der Waals surface area contributed by atoms with Gasteiger partial charge >= 0.3 is 0 Å². The monoisotopic (exact) mass is 474 g/mol. The number of morpholine rings is 1. The van der Waals surface area contributed by atoms with Gasteiger partial charge in [-0.2, -0.15) is 0 Å². The highest BCUT2D eigenvalue weighted by Gasteiger charge is 2.28. The molecule has 26 heavy (non-hydrogen) atoms. The molecule has 1 fully saturated rings. The molecule has 6 heteroatoms. The van der Waals surface area contributed by atoms with Gasteiger partial charge in [0.05, 0.1) is 13.2 Å². The van der Waals surface area contributed by atoms with E-state index in [9.17, 15) is 0 Å². The number of rotatable bonds is 5. The molecule has 1 aliphatic heterocycles. The smallest absolute Gasteiger partial charge is 0.191 e. The minimum atomic E-state index is 0. The molecular formula is C20H35IN4O. The molecule has 0 aliphatic carbocycles. The summed E-state index contributed by atoms with van der Waals surface area (Å²) in [6.45, 7) is 16.3. The van der Waals surface area contributed by atoms with Crippen molar-refractivity contribution in [3.05, 3.63) is 34.4 Å². The topological polar surface area (TPSA) is 48.9 Å². The minimum Gasteiger partial charge on any atom is -0.379 e. The van der Waals surface area contributed by atoms with E-state index in [4.69, 9.17) is 4.74 Å². The fraction of sp³-hybridized carbons (Fsp3) is 0.650. The number of ether oxygens (including phenoxy) is 1. The second-order valence-electron chi connectivity index (χ2n) is 7.57. The Kier molecular flexibility index (Phi) is 9.33. The van der Waals surface area contributed by atoms with E-state index in [1.165, 1.54) is 22.3 Å². The molecule has 2 N–H and O–H groups in total. The van der Waals surface area contributed by atoms with E-state index in [1.807, 2.05) is 7.05 Å². The predicted octanol–water partition coefficient (Wildman–Crippen LogP) is 3.01. The van der Waals surface area contributed by atoms with Gasteiger partial charge in [-0.1, -0.05) is 17.7 Å². The van der Waals surface area contributed by atoms with E-state index in [0.717, 1.165) is 45.4 Å². The molecule has 1 aliphatic rings. The van der Waals surface area contributed by atoms with Gasteiger partial charge in [-0.3, -0.25) is 9.89 Å². The molecule has 0 saturated carbocycles. The maximum Gasteiger partial charge on any atom is 0.191 e. The average molecular weight is 474 g/mol. The van der Waals surface area contributed by atoms with Crippen molar-refractivity contribution in [3.63, 3.8) is 0 Å². The van der Waals surface area contributed by atoms with Crippen LogP contribution in [0.2, 0.25) is 0 Å². The molecule has 5 nitrogen and oxygen atoms in total. The molecular weight excluding hydrogens is 439 g/mol. The van der Waals surface area contributed by atoms with E-state index in [0.29, 0.717) is 0 Å². The molecule has 1 aromatic rings. The van der Waals surface area contributed by atoms with E-state index in [-0.39, 0.29) is 29.5 Å². The van der Waals surface area contributed by atoms with Crippen LogP contribution in [-0.2, 0) is 11.3 Å². The van der Waals surface area contributed by atoms with Crippen LogP contribution in [0.4, 0.5) is 0 Å². The van der Waals surface area contributed by atoms with Crippen molar-refractivity contribution in [2.24, 2.45) is 4.99 Å². The van der Waals surface area contributed by atoms with Gasteiger partial charge in [-0.05, 0) is 51.3 Å². The van der Waals surface area contributed by atoms with Crippen LogP contribution in [0, 0.1) is 20.8 Å². The maximum atomic E-state index is 5.46. The van der Waals surface area contributed by atoms with Gasteiger partial charge < -0.3 is 15.4 Å². The third-order valence-electron chi connectivity index (χ3n) is 5.05. The molecule has 0 amide bonds. The van der Waals surface area contributed by atoms with Crippen molar-refractivity contribution in [3.8, 4) is 0 Å². The highest BCUT2D eigenvalue weighted by atomic mass is 127. The van der Waals surface area contributed by atoms with Gasteiger partial charge in [0.1, 0.15) is 0 Å². The lowest BCUT2D eigenvalue weighted by Crippen LogP contribution is -2.56. The van der Waals surface area contributed by atoms with Crippen molar-refractivity contribution in [1.29, 1.82) is 0 Å². The van der Waals surface area contributed by atoms with E-state index >= 15 is 0 Å². The van der Waals surface area contributed by atoms with E-state index in [2.05, 4.69) is 67.3 Å². The zero-order chi connectivity index (χ0) is 18.4. The molecule has 1 heterocycles. The van der Waals surface area contributed by atoms with Crippen LogP contribution in [0.3, 0.4) is 0 Å². The second-order valence-corrected chi connectivity index (χ2v) is 7.57. The quantitative estimate of drug-likeness (QED) is 0.392. The highest BCUT2D eigenvalue weighted by molar-refractivity contribution is 14.0. The summed E-state index contributed by atoms with van der Waals surface area (Å²) in [5, 5.41) is 6.94. The summed E-state index contributed by atoms with van der Waals surface area (Å²) >= 11 is 0. The van der Waals surface area contributed by atoms with Crippen LogP contribution >= 0.6 is 24.0 Å². The Morgan fingerprint density at radius 3 is 2.23 bits per heavy atom. The molecule has 1 aromatic carbocycles. The van der Waals surface area contributed by atoms with Gasteiger partial charge in [-0.25, -0.2) is 0 Å². The van der Waals surface area contributed by atoms with Crippen LogP contribution in [0.25, 0.3) is 0 Å². The number of guanidine groups is 1. The van der Waals surface area contributed by atoms with Crippen molar-refractivity contribution < 1.29 is 4.74 Å². The number of aliphatic imine (C=N–C) groups is 1. The largest absolute Gasteiger partial charge is 0.379 e. The Morgan fingerprint density at radius 2 is 1.69 bits per heavy atom. The summed E-state index contributed by atoms with van der Waals surface area (Å²) in [7, 11) is 1.83. The van der Waals surface area contributed by atoms with Crippen molar-refractivity contribution in [2.75, 3.05) is 39.9 Å². The molecule has 0 atom stereocenters. The number of hydrogen-bond acceptors (Lipinski definition) is 3. The average Bonchev–Trinajstić information content (AvgIpc) is 2.57. The lowest BCUT2D eigenvalue weighted by atomic mass is 10.00. The third-order valence-corrected chi connectivity index (χ3v) is 5.05. The summed E-state index contributed by atoms with van der Waals surface area (Å²) in [5.41, 5.74) is 5.38. The highest BCUT2D eigenvalue weighted by Crippen LogP contribution is 2.17. The van der Waals surface area contributed by atoms with Gasteiger partial charge in [0, 0.05) is 38.8 Å². The third kappa shape index (κ3) is 6.39. The van der Waals surface area contributed by atoms with Crippen molar-refractivity contribution in [1.82, 2.24) is 15.5 Å². The number of benzene rings is 1. The van der Waals surface area contributed by atoms with Crippen molar-refractivity contribution >= 4 is 29.9 Å². The number of nitrogens with one attached hydrogen (secondary N) is 2. The first kappa shape index (κ1) is 23.2. The molecule has 0 spiro atoms. The minimum absolute atomic E-state index is 0. The van der Waals surface area contributed by atoms with Gasteiger partial charge in [0.15, 0.2) is 5.96 Å². The van der Waals surface area contributed by atoms with Crippen LogP contribution in [0.1, 0.15) is 36.1 Å². The standard InChI is InChI=1S/C20H34N4O.HI/c1-15-11-16(2)18(17(3)12-15)13-22-19(21-6)23-14-20(4,5)24-7-9-25-10-8-24;/h11-12H,7-10,13-14H2,1-6H3,(H2,21,22,23);1H. The van der Waals surface area contributed by atoms with Crippen LogP contribution < -0.4 is 10.6 Å². The number of halogens is 1. The molecule has 0 radical (unpaired) electrons. The van der Waals surface area contributed by atoms with Crippen LogP contribution in [-0.4, -0.2) is 56.3 Å². The summed E-state index contributed by atoms with van der Waals surface area (Å²) < 4.78 is 5.46. The number of nitrogens with zero attached hydrogens (tertiary/aromatic N) is 2. The Morgan fingerprint density at radius 1 is 1.12 bits per heavy atom. The Bertz CT molecular complexity index is 587. The molecule has 148 valence electrons. The first-order valence-electron chi connectivity index (χ1n) is 9.17. The number of hydrogen-bond donors (Lipinski definition) is 2. The summed E-state index contributed by atoms with van der Waals surface area (Å²) in [6.07, 6.45) is 0. The predicted molar refractivity (Wildman–Crippen MR) is 121 cm³/mol. The Balaban J connectivity index is 0.00000338. The lowest BCUT2D eigenvalue weighted by molar-refractivity contribution is -0.00834. The summed E-state index contributed by atoms with van der Waals surface area (Å²) in [6, 6.07) is 4.48. The fourth-order valence-electron chi connectivity index (χ4n) is 3.46. The molecule has 0 unspecified atom stereocenters.